The van der Waals surface area contributed by atoms with Crippen LogP contribution in [0.15, 0.2) is 28.8 Å². The van der Waals surface area contributed by atoms with Gasteiger partial charge in [0.25, 0.3) is 5.89 Å². The molecule has 0 bridgehead atoms. The average Bonchev–Trinajstić information content (AvgIpc) is 2.84. The number of nitrogens with zero attached hydrogens (tertiary/aromatic N) is 2. The van der Waals surface area contributed by atoms with Crippen molar-refractivity contribution in [3.8, 4) is 11.5 Å². The minimum atomic E-state index is -0.282. The smallest absolute Gasteiger partial charge is 0.257 e. The van der Waals surface area contributed by atoms with E-state index in [0.717, 1.165) is 17.7 Å². The van der Waals surface area contributed by atoms with Crippen LogP contribution in [0.5, 0.6) is 0 Å². The van der Waals surface area contributed by atoms with Gasteiger partial charge >= 0.3 is 0 Å². The van der Waals surface area contributed by atoms with Gasteiger partial charge in [-0.1, -0.05) is 5.16 Å². The summed E-state index contributed by atoms with van der Waals surface area (Å²) in [5.41, 5.74) is 6.13. The first kappa shape index (κ1) is 13.0. The summed E-state index contributed by atoms with van der Waals surface area (Å²) >= 11 is 1.72. The summed E-state index contributed by atoms with van der Waals surface area (Å²) in [6.07, 6.45) is 0.980. The molecule has 0 amide bonds. The van der Waals surface area contributed by atoms with Crippen molar-refractivity contribution in [2.75, 3.05) is 12.3 Å². The van der Waals surface area contributed by atoms with E-state index in [1.807, 2.05) is 0 Å². The normalized spacial score (nSPS) is 10.8. The van der Waals surface area contributed by atoms with Crippen molar-refractivity contribution in [1.29, 1.82) is 0 Å². The van der Waals surface area contributed by atoms with Crippen LogP contribution >= 0.6 is 11.8 Å². The molecular formula is C12H14FN3OS. The first-order valence-corrected chi connectivity index (χ1v) is 6.81. The molecule has 0 fully saturated rings. The van der Waals surface area contributed by atoms with Gasteiger partial charge in [-0.2, -0.15) is 16.7 Å². The zero-order valence-corrected chi connectivity index (χ0v) is 10.6. The fraction of sp³-hybridized carbons (Fsp3) is 0.333. The lowest BCUT2D eigenvalue weighted by molar-refractivity contribution is 0.425. The summed E-state index contributed by atoms with van der Waals surface area (Å²) in [5, 5.41) is 3.88. The Kier molecular flexibility index (Phi) is 4.72. The van der Waals surface area contributed by atoms with Gasteiger partial charge < -0.3 is 10.3 Å². The number of thioether (sulfide) groups is 1. The number of hydrogen-bond acceptors (Lipinski definition) is 5. The van der Waals surface area contributed by atoms with Crippen LogP contribution < -0.4 is 5.73 Å². The van der Waals surface area contributed by atoms with Gasteiger partial charge in [-0.15, -0.1) is 0 Å². The van der Waals surface area contributed by atoms with Crippen molar-refractivity contribution in [3.05, 3.63) is 35.9 Å². The van der Waals surface area contributed by atoms with Crippen LogP contribution in [0.1, 0.15) is 12.2 Å². The molecule has 0 radical (unpaired) electrons. The fourth-order valence-corrected chi connectivity index (χ4v) is 2.19. The summed E-state index contributed by atoms with van der Waals surface area (Å²) in [6.45, 7) is 0.695. The number of hydrogen-bond donors (Lipinski definition) is 1. The summed E-state index contributed by atoms with van der Waals surface area (Å²) in [5.74, 6) is 2.47. The maximum absolute atomic E-state index is 12.8. The Bertz CT molecular complexity index is 486. The summed E-state index contributed by atoms with van der Waals surface area (Å²) in [4.78, 5) is 4.26. The maximum Gasteiger partial charge on any atom is 0.257 e. The predicted octanol–water partition coefficient (Wildman–Crippen LogP) is 2.46. The first-order chi connectivity index (χ1) is 8.79. The maximum atomic E-state index is 12.8. The monoisotopic (exact) mass is 267 g/mol. The molecule has 0 aliphatic heterocycles. The van der Waals surface area contributed by atoms with E-state index in [2.05, 4.69) is 10.1 Å². The molecule has 2 N–H and O–H groups in total. The predicted molar refractivity (Wildman–Crippen MR) is 69.5 cm³/mol. The Morgan fingerprint density at radius 3 is 2.78 bits per heavy atom. The van der Waals surface area contributed by atoms with Crippen molar-refractivity contribution in [3.63, 3.8) is 0 Å². The summed E-state index contributed by atoms with van der Waals surface area (Å²) in [6, 6.07) is 5.98. The summed E-state index contributed by atoms with van der Waals surface area (Å²) in [7, 11) is 0. The van der Waals surface area contributed by atoms with Gasteiger partial charge in [0.15, 0.2) is 5.82 Å². The minimum Gasteiger partial charge on any atom is -0.334 e. The Morgan fingerprint density at radius 2 is 2.06 bits per heavy atom. The average molecular weight is 267 g/mol. The SMILES string of the molecule is NCCCSCc1noc(-c2ccc(F)cc2)n1. The molecule has 0 spiro atoms. The zero-order chi connectivity index (χ0) is 12.8. The molecule has 1 aromatic heterocycles. The van der Waals surface area contributed by atoms with Gasteiger partial charge in [0.2, 0.25) is 0 Å². The second-order valence-corrected chi connectivity index (χ2v) is 4.82. The number of aromatic nitrogens is 2. The molecule has 1 aromatic carbocycles. The highest BCUT2D eigenvalue weighted by atomic mass is 32.2. The van der Waals surface area contributed by atoms with Gasteiger partial charge in [-0.3, -0.25) is 0 Å². The second-order valence-electron chi connectivity index (χ2n) is 3.72. The molecular weight excluding hydrogens is 253 g/mol. The van der Waals surface area contributed by atoms with Crippen molar-refractivity contribution in [1.82, 2.24) is 10.1 Å². The second kappa shape index (κ2) is 6.51. The number of benzene rings is 1. The van der Waals surface area contributed by atoms with Crippen LogP contribution in [0.2, 0.25) is 0 Å². The highest BCUT2D eigenvalue weighted by molar-refractivity contribution is 7.98. The van der Waals surface area contributed by atoms with Crippen LogP contribution in [-0.2, 0) is 5.75 Å². The van der Waals surface area contributed by atoms with Crippen LogP contribution in [-0.4, -0.2) is 22.4 Å². The Morgan fingerprint density at radius 1 is 1.28 bits per heavy atom. The molecule has 96 valence electrons. The van der Waals surface area contributed by atoms with E-state index in [-0.39, 0.29) is 5.82 Å². The van der Waals surface area contributed by atoms with E-state index in [1.165, 1.54) is 12.1 Å². The third-order valence-corrected chi connectivity index (χ3v) is 3.32. The van der Waals surface area contributed by atoms with Crippen LogP contribution in [0, 0.1) is 5.82 Å². The molecule has 4 nitrogen and oxygen atoms in total. The van der Waals surface area contributed by atoms with Crippen LogP contribution in [0.4, 0.5) is 4.39 Å². The standard InChI is InChI=1S/C12H14FN3OS/c13-10-4-2-9(3-5-10)12-15-11(16-17-12)8-18-7-1-6-14/h2-5H,1,6-8,14H2. The van der Waals surface area contributed by atoms with Gasteiger partial charge in [-0.25, -0.2) is 4.39 Å². The lowest BCUT2D eigenvalue weighted by atomic mass is 10.2. The molecule has 2 rings (SSSR count). The molecule has 0 aliphatic rings. The molecule has 6 heteroatoms. The van der Waals surface area contributed by atoms with E-state index in [4.69, 9.17) is 10.3 Å². The fourth-order valence-electron chi connectivity index (χ4n) is 1.37. The van der Waals surface area contributed by atoms with E-state index in [1.54, 1.807) is 23.9 Å². The van der Waals surface area contributed by atoms with Gasteiger partial charge in [0, 0.05) is 5.56 Å². The number of nitrogens with two attached hydrogens (primary N) is 1. The third-order valence-electron chi connectivity index (χ3n) is 2.28. The zero-order valence-electron chi connectivity index (χ0n) is 9.80. The van der Waals surface area contributed by atoms with E-state index in [0.29, 0.717) is 24.0 Å². The quantitative estimate of drug-likeness (QED) is 0.814. The molecule has 0 aliphatic carbocycles. The van der Waals surface area contributed by atoms with E-state index < -0.39 is 0 Å². The lowest BCUT2D eigenvalue weighted by Gasteiger charge is -1.94. The van der Waals surface area contributed by atoms with Gasteiger partial charge in [-0.05, 0) is 43.0 Å². The van der Waals surface area contributed by atoms with Crippen LogP contribution in [0.25, 0.3) is 11.5 Å². The van der Waals surface area contributed by atoms with E-state index >= 15 is 0 Å². The van der Waals surface area contributed by atoms with Crippen molar-refractivity contribution in [2.45, 2.75) is 12.2 Å². The Balaban J connectivity index is 1.95. The number of halogens is 1. The molecule has 0 unspecified atom stereocenters. The molecule has 0 atom stereocenters. The Hall–Kier alpha value is -1.40. The van der Waals surface area contributed by atoms with Gasteiger partial charge in [0.1, 0.15) is 5.82 Å². The van der Waals surface area contributed by atoms with Crippen molar-refractivity contribution < 1.29 is 8.91 Å². The lowest BCUT2D eigenvalue weighted by Crippen LogP contribution is -1.99. The molecule has 2 aromatic rings. The van der Waals surface area contributed by atoms with E-state index in [9.17, 15) is 4.39 Å². The molecule has 0 saturated heterocycles. The largest absolute Gasteiger partial charge is 0.334 e. The molecule has 1 heterocycles. The van der Waals surface area contributed by atoms with Crippen molar-refractivity contribution in [2.24, 2.45) is 5.73 Å². The van der Waals surface area contributed by atoms with Gasteiger partial charge in [0.05, 0.1) is 5.75 Å². The first-order valence-electron chi connectivity index (χ1n) is 5.66. The third kappa shape index (κ3) is 3.54. The summed E-state index contributed by atoms with van der Waals surface area (Å²) < 4.78 is 17.9. The highest BCUT2D eigenvalue weighted by Crippen LogP contribution is 2.19. The molecule has 18 heavy (non-hydrogen) atoms. The number of rotatable bonds is 6. The van der Waals surface area contributed by atoms with Crippen LogP contribution in [0.3, 0.4) is 0 Å². The Labute approximate surface area is 109 Å². The topological polar surface area (TPSA) is 64.9 Å². The van der Waals surface area contributed by atoms with Crippen molar-refractivity contribution >= 4 is 11.8 Å². The highest BCUT2D eigenvalue weighted by Gasteiger charge is 2.08. The molecule has 0 saturated carbocycles. The minimum absolute atomic E-state index is 0.282.